The van der Waals surface area contributed by atoms with Crippen molar-refractivity contribution < 1.29 is 23.3 Å². The number of rotatable bonds is 4. The summed E-state index contributed by atoms with van der Waals surface area (Å²) in [6, 6.07) is 3.46. The summed E-state index contributed by atoms with van der Waals surface area (Å²) in [4.78, 5) is 0. The molecule has 2 atom stereocenters. The molecule has 2 aromatic rings. The van der Waals surface area contributed by atoms with Gasteiger partial charge in [0.25, 0.3) is 11.8 Å². The third-order valence-corrected chi connectivity index (χ3v) is 3.09. The van der Waals surface area contributed by atoms with Crippen molar-refractivity contribution in [1.29, 1.82) is 0 Å². The van der Waals surface area contributed by atoms with Crippen LogP contribution in [0, 0.1) is 0 Å². The highest BCUT2D eigenvalue weighted by Crippen LogP contribution is 2.41. The van der Waals surface area contributed by atoms with Crippen molar-refractivity contribution >= 4 is 0 Å². The van der Waals surface area contributed by atoms with Crippen molar-refractivity contribution in [3.05, 3.63) is 23.7 Å². The number of nitrogens with zero attached hydrogens (tertiary/aromatic N) is 2. The molecular weight excluding hydrogens is 252 g/mol. The molecule has 19 heavy (non-hydrogen) atoms. The van der Waals surface area contributed by atoms with Gasteiger partial charge in [0.1, 0.15) is 12.2 Å². The van der Waals surface area contributed by atoms with Crippen LogP contribution in [0.25, 0.3) is 0 Å². The Bertz CT molecular complexity index is 502. The lowest BCUT2D eigenvalue weighted by Crippen LogP contribution is -1.97. The molecule has 1 saturated heterocycles. The van der Waals surface area contributed by atoms with Crippen molar-refractivity contribution in [2.75, 3.05) is 14.2 Å². The summed E-state index contributed by atoms with van der Waals surface area (Å²) in [5.41, 5.74) is 0. The molecule has 3 rings (SSSR count). The Hall–Kier alpha value is -2.02. The zero-order chi connectivity index (χ0) is 13.2. The van der Waals surface area contributed by atoms with Crippen LogP contribution in [0.1, 0.15) is 36.6 Å². The van der Waals surface area contributed by atoms with E-state index >= 15 is 0 Å². The first-order valence-electron chi connectivity index (χ1n) is 5.97. The van der Waals surface area contributed by atoms with Gasteiger partial charge in [0.15, 0.2) is 11.5 Å². The van der Waals surface area contributed by atoms with Crippen molar-refractivity contribution in [3.8, 4) is 11.8 Å². The van der Waals surface area contributed by atoms with Crippen LogP contribution in [0.2, 0.25) is 0 Å². The maximum absolute atomic E-state index is 5.87. The van der Waals surface area contributed by atoms with Crippen molar-refractivity contribution in [2.24, 2.45) is 0 Å². The second kappa shape index (κ2) is 4.93. The molecule has 7 heteroatoms. The molecule has 3 heterocycles. The first kappa shape index (κ1) is 12.0. The zero-order valence-electron chi connectivity index (χ0n) is 10.7. The van der Waals surface area contributed by atoms with Gasteiger partial charge in [-0.15, -0.1) is 0 Å². The van der Waals surface area contributed by atoms with Crippen LogP contribution in [0.3, 0.4) is 0 Å². The minimum Gasteiger partial charge on any atom is -0.479 e. The van der Waals surface area contributed by atoms with Gasteiger partial charge in [0.2, 0.25) is 0 Å². The Morgan fingerprint density at radius 3 is 1.79 bits per heavy atom. The first-order valence-corrected chi connectivity index (χ1v) is 5.97. The molecule has 0 saturated carbocycles. The van der Waals surface area contributed by atoms with E-state index in [1.165, 1.54) is 0 Å². The van der Waals surface area contributed by atoms with Crippen LogP contribution in [0.5, 0.6) is 11.8 Å². The maximum Gasteiger partial charge on any atom is 0.254 e. The molecule has 0 aromatic carbocycles. The summed E-state index contributed by atoms with van der Waals surface area (Å²) in [6.45, 7) is 0. The van der Waals surface area contributed by atoms with E-state index in [1.807, 2.05) is 0 Å². The standard InChI is InChI=1S/C12H14N2O5/c1-15-11-5-9(18-13-11)7-3-4-8(17-7)10-6-12(16-2)14-19-10/h5-8H,3-4H2,1-2H3/t7-,8-/m1/s1. The summed E-state index contributed by atoms with van der Waals surface area (Å²) in [6.07, 6.45) is 1.37. The lowest BCUT2D eigenvalue weighted by molar-refractivity contribution is 0.0146. The van der Waals surface area contributed by atoms with E-state index in [1.54, 1.807) is 26.4 Å². The molecule has 1 fully saturated rings. The van der Waals surface area contributed by atoms with Gasteiger partial charge in [-0.3, -0.25) is 0 Å². The molecule has 0 unspecified atom stereocenters. The monoisotopic (exact) mass is 266 g/mol. The smallest absolute Gasteiger partial charge is 0.254 e. The fourth-order valence-electron chi connectivity index (χ4n) is 2.10. The van der Waals surface area contributed by atoms with Crippen LogP contribution in [-0.2, 0) is 4.74 Å². The summed E-state index contributed by atoms with van der Waals surface area (Å²) in [5, 5.41) is 7.52. The second-order valence-corrected chi connectivity index (χ2v) is 4.23. The predicted octanol–water partition coefficient (Wildman–Crippen LogP) is 2.27. The molecule has 0 aliphatic carbocycles. The summed E-state index contributed by atoms with van der Waals surface area (Å²) in [5.74, 6) is 2.21. The summed E-state index contributed by atoms with van der Waals surface area (Å²) < 4.78 is 26.2. The van der Waals surface area contributed by atoms with Gasteiger partial charge < -0.3 is 23.3 Å². The third-order valence-electron chi connectivity index (χ3n) is 3.09. The number of methoxy groups -OCH3 is 2. The van der Waals surface area contributed by atoms with Crippen molar-refractivity contribution in [1.82, 2.24) is 10.3 Å². The average molecular weight is 266 g/mol. The van der Waals surface area contributed by atoms with E-state index in [-0.39, 0.29) is 12.2 Å². The third kappa shape index (κ3) is 2.28. The second-order valence-electron chi connectivity index (χ2n) is 4.23. The molecule has 102 valence electrons. The Morgan fingerprint density at radius 1 is 0.947 bits per heavy atom. The van der Waals surface area contributed by atoms with Gasteiger partial charge in [-0.2, -0.15) is 0 Å². The number of hydrogen-bond acceptors (Lipinski definition) is 7. The molecule has 7 nitrogen and oxygen atoms in total. The van der Waals surface area contributed by atoms with Crippen LogP contribution in [0.4, 0.5) is 0 Å². The predicted molar refractivity (Wildman–Crippen MR) is 61.9 cm³/mol. The highest BCUT2D eigenvalue weighted by atomic mass is 16.6. The Morgan fingerprint density at radius 2 is 1.42 bits per heavy atom. The van der Waals surface area contributed by atoms with E-state index in [4.69, 9.17) is 23.3 Å². The number of aromatic nitrogens is 2. The Labute approximate surface area is 109 Å². The van der Waals surface area contributed by atoms with Crippen LogP contribution in [-0.4, -0.2) is 24.5 Å². The summed E-state index contributed by atoms with van der Waals surface area (Å²) in [7, 11) is 3.08. The van der Waals surface area contributed by atoms with Crippen LogP contribution < -0.4 is 9.47 Å². The van der Waals surface area contributed by atoms with Gasteiger partial charge in [0.05, 0.1) is 14.2 Å². The largest absolute Gasteiger partial charge is 0.479 e. The van der Waals surface area contributed by atoms with E-state index in [2.05, 4.69) is 10.3 Å². The number of hydrogen-bond donors (Lipinski definition) is 0. The van der Waals surface area contributed by atoms with E-state index in [9.17, 15) is 0 Å². The van der Waals surface area contributed by atoms with Gasteiger partial charge in [-0.1, -0.05) is 0 Å². The molecule has 1 aliphatic heterocycles. The van der Waals surface area contributed by atoms with Crippen LogP contribution in [0.15, 0.2) is 21.2 Å². The summed E-state index contributed by atoms with van der Waals surface area (Å²) >= 11 is 0. The maximum atomic E-state index is 5.87. The lowest BCUT2D eigenvalue weighted by atomic mass is 10.1. The first-order chi connectivity index (χ1) is 9.30. The topological polar surface area (TPSA) is 79.8 Å². The molecule has 0 bridgehead atoms. The molecule has 0 spiro atoms. The molecular formula is C12H14N2O5. The fraction of sp³-hybridized carbons (Fsp3) is 0.500. The average Bonchev–Trinajstić information content (AvgIpc) is 3.16. The van der Waals surface area contributed by atoms with Gasteiger partial charge >= 0.3 is 0 Å². The molecule has 0 N–H and O–H groups in total. The highest BCUT2D eigenvalue weighted by Gasteiger charge is 2.33. The van der Waals surface area contributed by atoms with Gasteiger partial charge in [-0.25, -0.2) is 0 Å². The zero-order valence-corrected chi connectivity index (χ0v) is 10.7. The van der Waals surface area contributed by atoms with Gasteiger partial charge in [-0.05, 0) is 23.2 Å². The SMILES string of the molecule is COc1cc([C@H]2CC[C@H](c3cc(OC)no3)O2)on1. The normalized spacial score (nSPS) is 22.6. The van der Waals surface area contributed by atoms with E-state index in [0.29, 0.717) is 23.3 Å². The molecule has 0 radical (unpaired) electrons. The van der Waals surface area contributed by atoms with Gasteiger partial charge in [0, 0.05) is 12.1 Å². The Kier molecular flexibility index (Phi) is 3.12. The van der Waals surface area contributed by atoms with Crippen molar-refractivity contribution in [2.45, 2.75) is 25.0 Å². The van der Waals surface area contributed by atoms with E-state index in [0.717, 1.165) is 12.8 Å². The molecule has 2 aromatic heterocycles. The lowest BCUT2D eigenvalue weighted by Gasteiger charge is -2.07. The molecule has 1 aliphatic rings. The van der Waals surface area contributed by atoms with E-state index < -0.39 is 0 Å². The minimum atomic E-state index is -0.141. The van der Waals surface area contributed by atoms with Crippen LogP contribution >= 0.6 is 0 Å². The highest BCUT2D eigenvalue weighted by molar-refractivity contribution is 5.16. The Balaban J connectivity index is 1.69. The minimum absolute atomic E-state index is 0.141. The molecule has 0 amide bonds. The fourth-order valence-corrected chi connectivity index (χ4v) is 2.10. The number of ether oxygens (including phenoxy) is 3. The van der Waals surface area contributed by atoms with Crippen molar-refractivity contribution in [3.63, 3.8) is 0 Å². The quantitative estimate of drug-likeness (QED) is 0.839.